The van der Waals surface area contributed by atoms with E-state index in [1.807, 2.05) is 30.3 Å². The molecule has 0 aromatic heterocycles. The van der Waals surface area contributed by atoms with Crippen molar-refractivity contribution in [3.05, 3.63) is 62.8 Å². The van der Waals surface area contributed by atoms with E-state index in [9.17, 15) is 9.18 Å². The van der Waals surface area contributed by atoms with Gasteiger partial charge in [0.25, 0.3) is 0 Å². The molecule has 1 amide bonds. The number of methoxy groups -OCH3 is 1. The van der Waals surface area contributed by atoms with Crippen LogP contribution in [-0.4, -0.2) is 33.5 Å². The highest BCUT2D eigenvalue weighted by Gasteiger charge is 2.52. The van der Waals surface area contributed by atoms with E-state index in [-0.39, 0.29) is 18.2 Å². The Hall–Kier alpha value is -1.83. The van der Waals surface area contributed by atoms with Crippen LogP contribution in [0.5, 0.6) is 5.75 Å². The number of hydrogen-bond donors (Lipinski definition) is 1. The van der Waals surface area contributed by atoms with Gasteiger partial charge in [-0.25, -0.2) is 9.18 Å². The van der Waals surface area contributed by atoms with Crippen LogP contribution in [0.4, 0.5) is 9.18 Å². The van der Waals surface area contributed by atoms with Gasteiger partial charge in [0.2, 0.25) is 0 Å². The fourth-order valence-corrected chi connectivity index (χ4v) is 4.14. The van der Waals surface area contributed by atoms with E-state index in [1.165, 1.54) is 13.1 Å². The van der Waals surface area contributed by atoms with Gasteiger partial charge < -0.3 is 19.5 Å². The molecule has 0 spiro atoms. The van der Waals surface area contributed by atoms with Crippen molar-refractivity contribution in [1.29, 1.82) is 0 Å². The van der Waals surface area contributed by atoms with Gasteiger partial charge in [-0.1, -0.05) is 41.9 Å². The smallest absolute Gasteiger partial charge is 0.407 e. The van der Waals surface area contributed by atoms with Gasteiger partial charge in [0.05, 0.1) is 17.5 Å². The highest BCUT2D eigenvalue weighted by atomic mass is 79.9. The normalized spacial score (nSPS) is 20.7. The maximum atomic E-state index is 14.2. The number of nitrogens with one attached hydrogen (secondary N) is 1. The van der Waals surface area contributed by atoms with Crippen LogP contribution in [0.2, 0.25) is 5.02 Å². The van der Waals surface area contributed by atoms with E-state index < -0.39 is 23.4 Å². The summed E-state index contributed by atoms with van der Waals surface area (Å²) in [5.41, 5.74) is 0.356. The third-order valence-corrected chi connectivity index (χ3v) is 6.00. The summed E-state index contributed by atoms with van der Waals surface area (Å²) in [6.07, 6.45) is -0.593. The first-order chi connectivity index (χ1) is 12.9. The summed E-state index contributed by atoms with van der Waals surface area (Å²) >= 11 is 9.49. The van der Waals surface area contributed by atoms with E-state index >= 15 is 0 Å². The van der Waals surface area contributed by atoms with Crippen molar-refractivity contribution in [2.75, 3.05) is 27.4 Å². The molecule has 0 unspecified atom stereocenters. The monoisotopic (exact) mass is 457 g/mol. The lowest BCUT2D eigenvalue weighted by Gasteiger charge is -2.34. The van der Waals surface area contributed by atoms with E-state index in [2.05, 4.69) is 21.2 Å². The zero-order valence-corrected chi connectivity index (χ0v) is 17.1. The van der Waals surface area contributed by atoms with Crippen molar-refractivity contribution in [3.63, 3.8) is 0 Å². The maximum Gasteiger partial charge on any atom is 0.407 e. The van der Waals surface area contributed by atoms with Crippen molar-refractivity contribution in [2.45, 2.75) is 11.5 Å². The van der Waals surface area contributed by atoms with Crippen LogP contribution in [-0.2, 0) is 15.1 Å². The van der Waals surface area contributed by atoms with Crippen LogP contribution in [0.1, 0.15) is 17.0 Å². The topological polar surface area (TPSA) is 56.8 Å². The van der Waals surface area contributed by atoms with Gasteiger partial charge in [-0.15, -0.1) is 0 Å². The Bertz CT molecular complexity index is 851. The second kappa shape index (κ2) is 8.04. The Labute approximate surface area is 169 Å². The maximum absolute atomic E-state index is 14.2. The molecule has 27 heavy (non-hydrogen) atoms. The number of alkyl carbamates (subject to hydrolysis) is 1. The predicted octanol–water partition coefficient (Wildman–Crippen LogP) is 4.62. The summed E-state index contributed by atoms with van der Waals surface area (Å²) in [6, 6.07) is 10.6. The Kier molecular flexibility index (Phi) is 5.93. The van der Waals surface area contributed by atoms with E-state index in [4.69, 9.17) is 25.8 Å². The summed E-state index contributed by atoms with van der Waals surface area (Å²) in [6.45, 7) is 0.157. The number of amides is 1. The highest BCUT2D eigenvalue weighted by molar-refractivity contribution is 9.10. The highest BCUT2D eigenvalue weighted by Crippen LogP contribution is 2.55. The molecule has 0 bridgehead atoms. The zero-order chi connectivity index (χ0) is 19.6. The van der Waals surface area contributed by atoms with Crippen molar-refractivity contribution < 1.29 is 23.4 Å². The molecular formula is C19H18BrClFNO4. The molecule has 2 aromatic rings. The molecule has 1 aliphatic rings. The number of carbonyl (C=O) groups is 1. The number of ether oxygens (including phenoxy) is 3. The van der Waals surface area contributed by atoms with Gasteiger partial charge in [0, 0.05) is 30.3 Å². The summed E-state index contributed by atoms with van der Waals surface area (Å²) in [4.78, 5) is 11.7. The largest absolute Gasteiger partial charge is 0.478 e. The Balaban J connectivity index is 2.17. The first-order valence-electron chi connectivity index (χ1n) is 8.20. The third kappa shape index (κ3) is 3.51. The molecule has 1 heterocycles. The van der Waals surface area contributed by atoms with Crippen LogP contribution in [0.3, 0.4) is 0 Å². The van der Waals surface area contributed by atoms with Crippen LogP contribution in [0.25, 0.3) is 0 Å². The molecule has 0 saturated carbocycles. The molecule has 144 valence electrons. The molecule has 1 N–H and O–H groups in total. The number of fused-ring (bicyclic) bond motifs is 1. The fraction of sp³-hybridized carbons (Fsp3) is 0.316. The number of benzene rings is 2. The Morgan fingerprint density at radius 3 is 2.74 bits per heavy atom. The predicted molar refractivity (Wildman–Crippen MR) is 103 cm³/mol. The molecule has 3 rings (SSSR count). The molecule has 2 aromatic carbocycles. The first-order valence-corrected chi connectivity index (χ1v) is 9.37. The molecule has 8 heteroatoms. The summed E-state index contributed by atoms with van der Waals surface area (Å²) in [7, 11) is 3.03. The minimum Gasteiger partial charge on any atom is -0.478 e. The fourth-order valence-electron chi connectivity index (χ4n) is 3.32. The van der Waals surface area contributed by atoms with Crippen LogP contribution in [0, 0.1) is 5.82 Å². The van der Waals surface area contributed by atoms with Gasteiger partial charge in [0.1, 0.15) is 18.2 Å². The minimum absolute atomic E-state index is 0.0328. The Morgan fingerprint density at radius 2 is 2.11 bits per heavy atom. The van der Waals surface area contributed by atoms with E-state index in [0.717, 1.165) is 5.56 Å². The zero-order valence-electron chi connectivity index (χ0n) is 14.7. The lowest BCUT2D eigenvalue weighted by atomic mass is 9.80. The molecular weight excluding hydrogens is 441 g/mol. The number of carbonyl (C=O) groups excluding carboxylic acids is 1. The van der Waals surface area contributed by atoms with Gasteiger partial charge >= 0.3 is 6.09 Å². The summed E-state index contributed by atoms with van der Waals surface area (Å²) in [5, 5.41) is 2.38. The average molecular weight is 459 g/mol. The van der Waals surface area contributed by atoms with Crippen LogP contribution in [0.15, 0.2) is 40.9 Å². The second-order valence-electron chi connectivity index (χ2n) is 6.09. The van der Waals surface area contributed by atoms with Gasteiger partial charge in [-0.2, -0.15) is 0 Å². The quantitative estimate of drug-likeness (QED) is 0.665. The molecule has 2 atom stereocenters. The van der Waals surface area contributed by atoms with E-state index in [0.29, 0.717) is 15.8 Å². The molecule has 0 aliphatic carbocycles. The summed E-state index contributed by atoms with van der Waals surface area (Å²) in [5.74, 6) is -0.665. The molecule has 0 fully saturated rings. The molecule has 5 nitrogen and oxygen atoms in total. The lowest BCUT2D eigenvalue weighted by Crippen LogP contribution is -2.43. The average Bonchev–Trinajstić information content (AvgIpc) is 2.99. The van der Waals surface area contributed by atoms with Crippen molar-refractivity contribution >= 4 is 33.6 Å². The second-order valence-corrected chi connectivity index (χ2v) is 7.26. The van der Waals surface area contributed by atoms with Gasteiger partial charge in [0.15, 0.2) is 5.60 Å². The lowest BCUT2D eigenvalue weighted by molar-refractivity contribution is -0.0231. The minimum atomic E-state index is -1.09. The van der Waals surface area contributed by atoms with Crippen molar-refractivity contribution in [2.24, 2.45) is 0 Å². The molecule has 0 radical (unpaired) electrons. The van der Waals surface area contributed by atoms with Crippen LogP contribution < -0.4 is 10.1 Å². The number of rotatable bonds is 5. The van der Waals surface area contributed by atoms with E-state index in [1.54, 1.807) is 7.11 Å². The van der Waals surface area contributed by atoms with Crippen molar-refractivity contribution in [3.8, 4) is 5.75 Å². The van der Waals surface area contributed by atoms with Gasteiger partial charge in [-0.3, -0.25) is 0 Å². The Morgan fingerprint density at radius 1 is 1.41 bits per heavy atom. The molecule has 0 saturated heterocycles. The third-order valence-electron chi connectivity index (χ3n) is 4.58. The number of hydrogen-bond acceptors (Lipinski definition) is 4. The van der Waals surface area contributed by atoms with Crippen molar-refractivity contribution in [1.82, 2.24) is 5.32 Å². The SMILES string of the molecule is CNC(=O)OC[C@]1(c2ccccc2)Oc2cc(F)c(Cl)c(Br)c2[C@@H]1COC. The van der Waals surface area contributed by atoms with Crippen LogP contribution >= 0.6 is 27.5 Å². The first kappa shape index (κ1) is 19.9. The standard InChI is InChI=1S/C19H18BrClFNO4/c1-23-18(24)26-10-19(11-6-4-3-5-7-11)12(9-25-2)15-14(27-19)8-13(22)17(21)16(15)20/h3-8,12H,9-10H2,1-2H3,(H,23,24)/t12-,19+/m0/s1. The number of halogens is 3. The summed E-state index contributed by atoms with van der Waals surface area (Å²) < 4.78 is 31.6. The molecule has 1 aliphatic heterocycles. The van der Waals surface area contributed by atoms with Gasteiger partial charge in [-0.05, 0) is 21.5 Å².